The van der Waals surface area contributed by atoms with Crippen LogP contribution in [-0.2, 0) is 20.0 Å². The lowest BCUT2D eigenvalue weighted by molar-refractivity contribution is 0.220. The summed E-state index contributed by atoms with van der Waals surface area (Å²) in [6.45, 7) is 6.57. The van der Waals surface area contributed by atoms with Gasteiger partial charge in [-0.05, 0) is 38.3 Å². The molecule has 0 saturated carbocycles. The molecule has 0 spiro atoms. The summed E-state index contributed by atoms with van der Waals surface area (Å²) in [5.74, 6) is 0. The van der Waals surface area contributed by atoms with E-state index in [0.29, 0.717) is 19.4 Å². The van der Waals surface area contributed by atoms with Crippen molar-refractivity contribution in [3.8, 4) is 0 Å². The topological polar surface area (TPSA) is 35.5 Å². The fourth-order valence-electron chi connectivity index (χ4n) is 1.71. The second kappa shape index (κ2) is 6.95. The normalized spacial score (nSPS) is 11.7. The Kier molecular flexibility index (Phi) is 5.90. The van der Waals surface area contributed by atoms with Gasteiger partial charge in [0.1, 0.15) is 0 Å². The molecule has 1 rings (SSSR count). The predicted molar refractivity (Wildman–Crippen MR) is 70.6 cm³/mol. The van der Waals surface area contributed by atoms with Crippen LogP contribution >= 0.6 is 7.60 Å². The largest absolute Gasteiger partial charge is 0.330 e. The molecule has 0 fully saturated rings. The minimum atomic E-state index is -2.90. The van der Waals surface area contributed by atoms with Crippen molar-refractivity contribution in [3.63, 3.8) is 0 Å². The zero-order valence-corrected chi connectivity index (χ0v) is 11.7. The molecule has 0 N–H and O–H groups in total. The van der Waals surface area contributed by atoms with Gasteiger partial charge in [0.25, 0.3) is 0 Å². The molecule has 1 aromatic rings. The number of hydrogen-bond acceptors (Lipinski definition) is 3. The second-order valence-corrected chi connectivity index (χ2v) is 6.03. The van der Waals surface area contributed by atoms with Crippen LogP contribution in [-0.4, -0.2) is 19.4 Å². The van der Waals surface area contributed by atoms with E-state index in [1.807, 2.05) is 26.0 Å². The Morgan fingerprint density at radius 3 is 2.24 bits per heavy atom. The van der Waals surface area contributed by atoms with Gasteiger partial charge in [-0.1, -0.05) is 24.3 Å². The van der Waals surface area contributed by atoms with Gasteiger partial charge in [0.05, 0.1) is 19.4 Å². The highest BCUT2D eigenvalue weighted by Crippen LogP contribution is 2.48. The maximum absolute atomic E-state index is 12.3. The Labute approximate surface area is 104 Å². The first kappa shape index (κ1) is 14.4. The molecule has 0 unspecified atom stereocenters. The Morgan fingerprint density at radius 2 is 1.71 bits per heavy atom. The summed E-state index contributed by atoms with van der Waals surface area (Å²) in [5, 5.41) is 0. The molecule has 0 aliphatic carbocycles. The molecule has 0 radical (unpaired) electrons. The van der Waals surface area contributed by atoms with Crippen molar-refractivity contribution >= 4 is 7.60 Å². The lowest BCUT2D eigenvalue weighted by atomic mass is 10.1. The number of rotatable bonds is 7. The SMILES string of the molecule is CCOP(=O)(CCc1ccccc1C)OCC. The first-order valence-electron chi connectivity index (χ1n) is 6.04. The molecule has 1 aromatic carbocycles. The molecule has 0 aromatic heterocycles. The van der Waals surface area contributed by atoms with Gasteiger partial charge in [-0.15, -0.1) is 0 Å². The van der Waals surface area contributed by atoms with E-state index >= 15 is 0 Å². The monoisotopic (exact) mass is 256 g/mol. The highest BCUT2D eigenvalue weighted by molar-refractivity contribution is 7.53. The predicted octanol–water partition coefficient (Wildman–Crippen LogP) is 3.80. The van der Waals surface area contributed by atoms with Gasteiger partial charge in [-0.3, -0.25) is 4.57 Å². The summed E-state index contributed by atoms with van der Waals surface area (Å²) in [6.07, 6.45) is 1.17. The van der Waals surface area contributed by atoms with E-state index in [4.69, 9.17) is 9.05 Å². The molecule has 96 valence electrons. The van der Waals surface area contributed by atoms with Crippen LogP contribution in [0.4, 0.5) is 0 Å². The molecule has 0 heterocycles. The molecule has 0 amide bonds. The van der Waals surface area contributed by atoms with E-state index in [1.165, 1.54) is 11.1 Å². The van der Waals surface area contributed by atoms with Gasteiger partial charge in [0, 0.05) is 0 Å². The van der Waals surface area contributed by atoms with Crippen molar-refractivity contribution in [2.24, 2.45) is 0 Å². The van der Waals surface area contributed by atoms with E-state index < -0.39 is 7.60 Å². The highest BCUT2D eigenvalue weighted by Gasteiger charge is 2.23. The Hall–Kier alpha value is -0.630. The van der Waals surface area contributed by atoms with Crippen LogP contribution in [0.15, 0.2) is 24.3 Å². The molecule has 0 aliphatic rings. The van der Waals surface area contributed by atoms with E-state index in [0.717, 1.165) is 6.42 Å². The molecular weight excluding hydrogens is 235 g/mol. The fourth-order valence-corrected chi connectivity index (χ4v) is 3.34. The van der Waals surface area contributed by atoms with Crippen LogP contribution in [0.5, 0.6) is 0 Å². The van der Waals surface area contributed by atoms with E-state index in [9.17, 15) is 4.57 Å². The Balaban J connectivity index is 2.64. The van der Waals surface area contributed by atoms with Crippen LogP contribution in [0.3, 0.4) is 0 Å². The van der Waals surface area contributed by atoms with Crippen LogP contribution in [0.2, 0.25) is 0 Å². The van der Waals surface area contributed by atoms with Gasteiger partial charge in [-0.2, -0.15) is 0 Å². The summed E-state index contributed by atoms with van der Waals surface area (Å²) < 4.78 is 22.8. The molecule has 0 atom stereocenters. The fraction of sp³-hybridized carbons (Fsp3) is 0.538. The minimum Gasteiger partial charge on any atom is -0.309 e. The molecule has 0 aliphatic heterocycles. The lowest BCUT2D eigenvalue weighted by Crippen LogP contribution is -2.03. The summed E-state index contributed by atoms with van der Waals surface area (Å²) >= 11 is 0. The number of hydrogen-bond donors (Lipinski definition) is 0. The molecule has 17 heavy (non-hydrogen) atoms. The van der Waals surface area contributed by atoms with Crippen molar-refractivity contribution in [1.82, 2.24) is 0 Å². The zero-order valence-electron chi connectivity index (χ0n) is 10.8. The number of aryl methyl sites for hydroxylation is 2. The minimum absolute atomic E-state index is 0.422. The van der Waals surface area contributed by atoms with Gasteiger partial charge in [0.15, 0.2) is 0 Å². The summed E-state index contributed by atoms with van der Waals surface area (Å²) in [7, 11) is -2.90. The maximum atomic E-state index is 12.3. The van der Waals surface area contributed by atoms with Gasteiger partial charge < -0.3 is 9.05 Å². The third-order valence-electron chi connectivity index (χ3n) is 2.57. The first-order valence-corrected chi connectivity index (χ1v) is 7.76. The van der Waals surface area contributed by atoms with Crippen LogP contribution in [0.1, 0.15) is 25.0 Å². The van der Waals surface area contributed by atoms with Crippen LogP contribution in [0, 0.1) is 6.92 Å². The van der Waals surface area contributed by atoms with Crippen molar-refractivity contribution in [2.75, 3.05) is 19.4 Å². The van der Waals surface area contributed by atoms with Crippen LogP contribution in [0.25, 0.3) is 0 Å². The summed E-state index contributed by atoms with van der Waals surface area (Å²) in [4.78, 5) is 0. The number of benzene rings is 1. The van der Waals surface area contributed by atoms with Crippen molar-refractivity contribution < 1.29 is 13.6 Å². The van der Waals surface area contributed by atoms with E-state index in [1.54, 1.807) is 0 Å². The van der Waals surface area contributed by atoms with Gasteiger partial charge in [0.2, 0.25) is 0 Å². The lowest BCUT2D eigenvalue weighted by Gasteiger charge is -2.17. The third-order valence-corrected chi connectivity index (χ3v) is 4.64. The van der Waals surface area contributed by atoms with Crippen molar-refractivity contribution in [3.05, 3.63) is 35.4 Å². The van der Waals surface area contributed by atoms with Crippen molar-refractivity contribution in [1.29, 1.82) is 0 Å². The van der Waals surface area contributed by atoms with E-state index in [-0.39, 0.29) is 0 Å². The first-order chi connectivity index (χ1) is 8.11. The van der Waals surface area contributed by atoms with Crippen LogP contribution < -0.4 is 0 Å². The third kappa shape index (κ3) is 4.63. The Morgan fingerprint density at radius 1 is 1.12 bits per heavy atom. The van der Waals surface area contributed by atoms with Crippen molar-refractivity contribution in [2.45, 2.75) is 27.2 Å². The smallest absolute Gasteiger partial charge is 0.309 e. The summed E-state index contributed by atoms with van der Waals surface area (Å²) in [5.41, 5.74) is 2.42. The molecular formula is C13H21O3P. The van der Waals surface area contributed by atoms with Gasteiger partial charge >= 0.3 is 7.60 Å². The molecule has 4 heteroatoms. The standard InChI is InChI=1S/C13H21O3P/c1-4-15-17(14,16-5-2)11-10-13-9-7-6-8-12(13)3/h6-9H,4-5,10-11H2,1-3H3. The zero-order chi connectivity index (χ0) is 12.7. The average Bonchev–Trinajstić information content (AvgIpc) is 2.29. The average molecular weight is 256 g/mol. The molecule has 0 saturated heterocycles. The quantitative estimate of drug-likeness (QED) is 0.696. The second-order valence-electron chi connectivity index (χ2n) is 3.85. The highest BCUT2D eigenvalue weighted by atomic mass is 31.2. The molecule has 0 bridgehead atoms. The Bertz CT molecular complexity index is 380. The van der Waals surface area contributed by atoms with Gasteiger partial charge in [-0.25, -0.2) is 0 Å². The molecule has 3 nitrogen and oxygen atoms in total. The summed E-state index contributed by atoms with van der Waals surface area (Å²) in [6, 6.07) is 8.11. The van der Waals surface area contributed by atoms with E-state index in [2.05, 4.69) is 19.1 Å². The maximum Gasteiger partial charge on any atom is 0.330 e.